The van der Waals surface area contributed by atoms with Gasteiger partial charge < -0.3 is 24.8 Å². The highest BCUT2D eigenvalue weighted by Crippen LogP contribution is 2.40. The quantitative estimate of drug-likeness (QED) is 0.198. The maximum atomic E-state index is 15.3. The fourth-order valence-electron chi connectivity index (χ4n) is 5.44. The number of nitrogens with zero attached hydrogens (tertiary/aromatic N) is 3. The molecule has 13 heteroatoms. The van der Waals surface area contributed by atoms with Gasteiger partial charge in [0.2, 0.25) is 18.6 Å². The first-order valence-corrected chi connectivity index (χ1v) is 15.9. The molecule has 3 N–H and O–H groups in total. The minimum absolute atomic E-state index is 0.00220. The Labute approximate surface area is 258 Å². The van der Waals surface area contributed by atoms with Gasteiger partial charge in [0.15, 0.2) is 11.5 Å². The van der Waals surface area contributed by atoms with Crippen LogP contribution in [0.25, 0.3) is 22.0 Å². The smallest absolute Gasteiger partial charge is 0.262 e. The van der Waals surface area contributed by atoms with Gasteiger partial charge in [0.25, 0.3) is 10.0 Å². The molecule has 4 heterocycles. The van der Waals surface area contributed by atoms with E-state index in [-0.39, 0.29) is 29.3 Å². The van der Waals surface area contributed by atoms with E-state index in [2.05, 4.69) is 25.3 Å². The van der Waals surface area contributed by atoms with Crippen molar-refractivity contribution in [3.05, 3.63) is 84.4 Å². The Morgan fingerprint density at radius 3 is 2.73 bits per heavy atom. The number of benzene rings is 3. The zero-order valence-corrected chi connectivity index (χ0v) is 25.0. The van der Waals surface area contributed by atoms with Crippen LogP contribution in [0, 0.1) is 12.7 Å². The second-order valence-corrected chi connectivity index (χ2v) is 12.4. The Balaban J connectivity index is 1.22. The topological polar surface area (TPSA) is 137 Å². The maximum Gasteiger partial charge on any atom is 0.262 e. The van der Waals surface area contributed by atoms with Crippen LogP contribution in [-0.2, 0) is 10.0 Å². The monoisotopic (exact) mass is 628 g/mol. The van der Waals surface area contributed by atoms with Crippen molar-refractivity contribution in [2.45, 2.75) is 30.7 Å². The molecule has 0 unspecified atom stereocenters. The van der Waals surface area contributed by atoms with Gasteiger partial charge in [-0.25, -0.2) is 27.8 Å². The van der Waals surface area contributed by atoms with Crippen molar-refractivity contribution in [2.24, 2.45) is 0 Å². The summed E-state index contributed by atoms with van der Waals surface area (Å²) in [6.07, 6.45) is 5.39. The van der Waals surface area contributed by atoms with Gasteiger partial charge in [-0.3, -0.25) is 4.72 Å². The first-order chi connectivity index (χ1) is 21.9. The Bertz CT molecular complexity index is 2020. The lowest BCUT2D eigenvalue weighted by atomic mass is 10.0. The van der Waals surface area contributed by atoms with Crippen LogP contribution in [0.15, 0.2) is 78.0 Å². The van der Waals surface area contributed by atoms with E-state index in [1.807, 2.05) is 13.0 Å². The number of pyridine rings is 1. The van der Waals surface area contributed by atoms with E-state index in [0.717, 1.165) is 31.5 Å². The molecule has 11 nitrogen and oxygen atoms in total. The van der Waals surface area contributed by atoms with Gasteiger partial charge in [0, 0.05) is 41.8 Å². The van der Waals surface area contributed by atoms with Crippen LogP contribution in [0.1, 0.15) is 18.4 Å². The predicted octanol–water partition coefficient (Wildman–Crippen LogP) is 5.63. The Morgan fingerprint density at radius 1 is 1.00 bits per heavy atom. The molecule has 1 atom stereocenters. The number of sulfonamides is 1. The fourth-order valence-corrected chi connectivity index (χ4v) is 6.54. The normalized spacial score (nSPS) is 16.0. The van der Waals surface area contributed by atoms with Gasteiger partial charge >= 0.3 is 0 Å². The SMILES string of the molecule is Cc1ccc2c(NS(=O)(=O)c3ccc4c(c3)OCO4)c(F)ccc2c1Oc1ncccc1-c1ccnc(N[C@H]2CCCNC2)n1. The van der Waals surface area contributed by atoms with Crippen molar-refractivity contribution in [1.29, 1.82) is 0 Å². The average molecular weight is 629 g/mol. The summed E-state index contributed by atoms with van der Waals surface area (Å²) in [5.74, 6) is 1.18. The molecule has 0 bridgehead atoms. The molecular weight excluding hydrogens is 599 g/mol. The van der Waals surface area contributed by atoms with Crippen LogP contribution in [-0.4, -0.2) is 49.3 Å². The van der Waals surface area contributed by atoms with E-state index in [4.69, 9.17) is 19.2 Å². The number of anilines is 2. The second kappa shape index (κ2) is 11.8. The minimum atomic E-state index is -4.19. The predicted molar refractivity (Wildman–Crippen MR) is 167 cm³/mol. The molecular formula is C32H29FN6O5S. The third-order valence-electron chi connectivity index (χ3n) is 7.72. The molecule has 5 aromatic rings. The number of aryl methyl sites for hydroxylation is 1. The van der Waals surface area contributed by atoms with Crippen LogP contribution in [0.2, 0.25) is 0 Å². The number of piperidine rings is 1. The van der Waals surface area contributed by atoms with Crippen LogP contribution >= 0.6 is 0 Å². The summed E-state index contributed by atoms with van der Waals surface area (Å²) >= 11 is 0. The molecule has 45 heavy (non-hydrogen) atoms. The van der Waals surface area contributed by atoms with Crippen molar-refractivity contribution in [2.75, 3.05) is 29.9 Å². The lowest BCUT2D eigenvalue weighted by molar-refractivity contribution is 0.174. The van der Waals surface area contributed by atoms with E-state index >= 15 is 4.39 Å². The molecule has 2 aliphatic heterocycles. The highest BCUT2D eigenvalue weighted by atomic mass is 32.2. The number of nitrogens with one attached hydrogen (secondary N) is 3. The average Bonchev–Trinajstić information content (AvgIpc) is 3.53. The molecule has 2 aromatic heterocycles. The molecule has 1 saturated heterocycles. The van der Waals surface area contributed by atoms with Crippen LogP contribution in [0.5, 0.6) is 23.1 Å². The number of rotatable bonds is 8. The fraction of sp³-hybridized carbons (Fsp3) is 0.219. The molecule has 0 amide bonds. The number of halogens is 1. The van der Waals surface area contributed by atoms with Gasteiger partial charge in [-0.1, -0.05) is 12.1 Å². The van der Waals surface area contributed by atoms with Gasteiger partial charge in [-0.2, -0.15) is 0 Å². The van der Waals surface area contributed by atoms with E-state index in [9.17, 15) is 8.42 Å². The first kappa shape index (κ1) is 28.7. The Hall–Kier alpha value is -5.01. The summed E-state index contributed by atoms with van der Waals surface area (Å²) in [5.41, 5.74) is 1.78. The lowest BCUT2D eigenvalue weighted by Gasteiger charge is -2.23. The Morgan fingerprint density at radius 2 is 1.87 bits per heavy atom. The minimum Gasteiger partial charge on any atom is -0.454 e. The standard InChI is InChI=1S/C32H29FN6O5S/c1-19-6-8-22-23(9-10-25(33)29(22)39-45(40,41)21-7-11-27-28(16-21)43-18-42-27)30(19)44-31-24(5-3-14-35-31)26-12-15-36-32(38-26)37-20-4-2-13-34-17-20/h3,5-12,14-16,20,34,39H,2,4,13,17-18H2,1H3,(H,36,37,38)/t20-/m0/s1. The summed E-state index contributed by atoms with van der Waals surface area (Å²) in [6.45, 7) is 3.69. The maximum absolute atomic E-state index is 15.3. The molecule has 0 radical (unpaired) electrons. The number of hydrogen-bond acceptors (Lipinski definition) is 10. The van der Waals surface area contributed by atoms with Crippen LogP contribution < -0.4 is 29.6 Å². The zero-order valence-electron chi connectivity index (χ0n) is 24.2. The molecule has 3 aromatic carbocycles. The van der Waals surface area contributed by atoms with Crippen molar-refractivity contribution in [3.63, 3.8) is 0 Å². The summed E-state index contributed by atoms with van der Waals surface area (Å²) in [7, 11) is -4.19. The van der Waals surface area contributed by atoms with Gasteiger partial charge in [-0.05, 0) is 74.3 Å². The molecule has 0 aliphatic carbocycles. The summed E-state index contributed by atoms with van der Waals surface area (Å²) in [5, 5.41) is 7.58. The number of aromatic nitrogens is 3. The molecule has 0 saturated carbocycles. The number of hydrogen-bond donors (Lipinski definition) is 3. The van der Waals surface area contributed by atoms with Gasteiger partial charge in [-0.15, -0.1) is 0 Å². The number of ether oxygens (including phenoxy) is 3. The third-order valence-corrected chi connectivity index (χ3v) is 9.07. The van der Waals surface area contributed by atoms with Crippen molar-refractivity contribution < 1.29 is 27.0 Å². The first-order valence-electron chi connectivity index (χ1n) is 14.4. The van der Waals surface area contributed by atoms with E-state index in [1.165, 1.54) is 24.3 Å². The van der Waals surface area contributed by atoms with E-state index in [1.54, 1.807) is 42.7 Å². The highest BCUT2D eigenvalue weighted by molar-refractivity contribution is 7.92. The molecule has 1 fully saturated rings. The van der Waals surface area contributed by atoms with Crippen LogP contribution in [0.3, 0.4) is 0 Å². The van der Waals surface area contributed by atoms with Crippen molar-refractivity contribution in [3.8, 4) is 34.4 Å². The third kappa shape index (κ3) is 5.79. The van der Waals surface area contributed by atoms with E-state index < -0.39 is 15.8 Å². The molecule has 0 spiro atoms. The highest BCUT2D eigenvalue weighted by Gasteiger charge is 2.24. The summed E-state index contributed by atoms with van der Waals surface area (Å²) in [4.78, 5) is 13.5. The van der Waals surface area contributed by atoms with Crippen molar-refractivity contribution >= 4 is 32.4 Å². The summed E-state index contributed by atoms with van der Waals surface area (Å²) < 4.78 is 61.5. The van der Waals surface area contributed by atoms with Crippen molar-refractivity contribution in [1.82, 2.24) is 20.3 Å². The molecule has 230 valence electrons. The Kier molecular flexibility index (Phi) is 7.55. The lowest BCUT2D eigenvalue weighted by Crippen LogP contribution is -2.38. The largest absolute Gasteiger partial charge is 0.454 e. The van der Waals surface area contributed by atoms with Gasteiger partial charge in [0.1, 0.15) is 11.6 Å². The van der Waals surface area contributed by atoms with E-state index in [0.29, 0.717) is 45.2 Å². The summed E-state index contributed by atoms with van der Waals surface area (Å²) in [6, 6.07) is 16.0. The second-order valence-electron chi connectivity index (χ2n) is 10.8. The zero-order chi connectivity index (χ0) is 31.0. The molecule has 7 rings (SSSR count). The van der Waals surface area contributed by atoms with Gasteiger partial charge in [0.05, 0.1) is 21.8 Å². The molecule has 2 aliphatic rings. The van der Waals surface area contributed by atoms with Crippen LogP contribution in [0.4, 0.5) is 16.0 Å². The number of fused-ring (bicyclic) bond motifs is 2.